The van der Waals surface area contributed by atoms with E-state index in [-0.39, 0.29) is 0 Å². The van der Waals surface area contributed by atoms with E-state index >= 15 is 0 Å². The van der Waals surface area contributed by atoms with Crippen molar-refractivity contribution in [1.29, 1.82) is 0 Å². The second-order valence-corrected chi connectivity index (χ2v) is 3.77. The summed E-state index contributed by atoms with van der Waals surface area (Å²) in [5.74, 6) is 1.07. The average Bonchev–Trinajstić information content (AvgIpc) is 2.41. The summed E-state index contributed by atoms with van der Waals surface area (Å²) in [6.45, 7) is 2.05. The van der Waals surface area contributed by atoms with Crippen molar-refractivity contribution in [3.8, 4) is 0 Å². The molecule has 1 aliphatic rings. The fraction of sp³-hybridized carbons (Fsp3) is 0.600. The fourth-order valence-electron chi connectivity index (χ4n) is 1.84. The lowest BCUT2D eigenvalue weighted by Crippen LogP contribution is -2.17. The third-order valence-corrected chi connectivity index (χ3v) is 2.53. The normalized spacial score (nSPS) is 15.9. The zero-order chi connectivity index (χ0) is 9.97. The van der Waals surface area contributed by atoms with E-state index in [4.69, 9.17) is 0 Å². The second-order valence-electron chi connectivity index (χ2n) is 3.77. The third kappa shape index (κ3) is 1.70. The van der Waals surface area contributed by atoms with Gasteiger partial charge in [0.05, 0.1) is 5.69 Å². The molecule has 0 radical (unpaired) electrons. The van der Waals surface area contributed by atoms with Gasteiger partial charge in [-0.3, -0.25) is 0 Å². The van der Waals surface area contributed by atoms with Crippen molar-refractivity contribution in [2.75, 3.05) is 32.1 Å². The molecular weight excluding hydrogens is 176 g/mol. The Morgan fingerprint density at radius 2 is 2.00 bits per heavy atom. The summed E-state index contributed by atoms with van der Waals surface area (Å²) in [4.78, 5) is 10.7. The van der Waals surface area contributed by atoms with E-state index in [1.165, 1.54) is 11.3 Å². The van der Waals surface area contributed by atoms with Gasteiger partial charge in [-0.2, -0.15) is 0 Å². The molecule has 0 spiro atoms. The van der Waals surface area contributed by atoms with Crippen LogP contribution in [0.1, 0.15) is 11.3 Å². The molecule has 1 aliphatic heterocycles. The summed E-state index contributed by atoms with van der Waals surface area (Å²) in [6, 6.07) is 0. The molecule has 2 heterocycles. The summed E-state index contributed by atoms with van der Waals surface area (Å²) >= 11 is 0. The van der Waals surface area contributed by atoms with Gasteiger partial charge in [0.15, 0.2) is 0 Å². The van der Waals surface area contributed by atoms with Crippen LogP contribution in [-0.2, 0) is 12.8 Å². The van der Waals surface area contributed by atoms with Crippen LogP contribution in [0.25, 0.3) is 0 Å². The molecule has 0 saturated carbocycles. The van der Waals surface area contributed by atoms with Crippen molar-refractivity contribution in [2.45, 2.75) is 12.8 Å². The standard InChI is InChI=1S/C10H16N4/c1-14(2)10-8-3-5-11-6-4-9(8)12-7-13-10/h7,11H,3-6H2,1-2H3. The molecule has 0 fully saturated rings. The van der Waals surface area contributed by atoms with Crippen LogP contribution in [0.3, 0.4) is 0 Å². The van der Waals surface area contributed by atoms with Crippen molar-refractivity contribution >= 4 is 5.82 Å². The zero-order valence-electron chi connectivity index (χ0n) is 8.75. The van der Waals surface area contributed by atoms with Gasteiger partial charge in [-0.1, -0.05) is 0 Å². The van der Waals surface area contributed by atoms with Crippen LogP contribution in [0.15, 0.2) is 6.33 Å². The van der Waals surface area contributed by atoms with E-state index in [0.29, 0.717) is 0 Å². The maximum Gasteiger partial charge on any atom is 0.134 e. The highest BCUT2D eigenvalue weighted by Crippen LogP contribution is 2.19. The van der Waals surface area contributed by atoms with Crippen LogP contribution in [0.4, 0.5) is 5.82 Å². The van der Waals surface area contributed by atoms with Gasteiger partial charge < -0.3 is 10.2 Å². The molecule has 0 saturated heterocycles. The predicted molar refractivity (Wildman–Crippen MR) is 56.6 cm³/mol. The molecule has 1 N–H and O–H groups in total. The quantitative estimate of drug-likeness (QED) is 0.691. The Bertz CT molecular complexity index is 322. The molecular formula is C10H16N4. The molecule has 4 nitrogen and oxygen atoms in total. The molecule has 0 aromatic carbocycles. The van der Waals surface area contributed by atoms with Crippen LogP contribution < -0.4 is 10.2 Å². The minimum atomic E-state index is 1.01. The monoisotopic (exact) mass is 192 g/mol. The van der Waals surface area contributed by atoms with Gasteiger partial charge in [-0.25, -0.2) is 9.97 Å². The summed E-state index contributed by atoms with van der Waals surface area (Å²) in [5, 5.41) is 3.37. The number of nitrogens with one attached hydrogen (secondary N) is 1. The topological polar surface area (TPSA) is 41.1 Å². The van der Waals surface area contributed by atoms with E-state index in [1.807, 2.05) is 14.1 Å². The van der Waals surface area contributed by atoms with Crippen molar-refractivity contribution in [2.24, 2.45) is 0 Å². The van der Waals surface area contributed by atoms with E-state index in [1.54, 1.807) is 6.33 Å². The van der Waals surface area contributed by atoms with Crippen molar-refractivity contribution in [3.63, 3.8) is 0 Å². The number of fused-ring (bicyclic) bond motifs is 1. The largest absolute Gasteiger partial charge is 0.362 e. The molecule has 0 bridgehead atoms. The maximum absolute atomic E-state index is 4.34. The SMILES string of the molecule is CN(C)c1ncnc2c1CCNCC2. The number of anilines is 1. The predicted octanol–water partition coefficient (Wildman–Crippen LogP) is 0.231. The molecule has 1 aromatic rings. The van der Waals surface area contributed by atoms with Gasteiger partial charge in [-0.15, -0.1) is 0 Å². The van der Waals surface area contributed by atoms with Crippen LogP contribution in [0.5, 0.6) is 0 Å². The van der Waals surface area contributed by atoms with Crippen LogP contribution in [0, 0.1) is 0 Å². The fourth-order valence-corrected chi connectivity index (χ4v) is 1.84. The Labute approximate surface area is 84.4 Å². The van der Waals surface area contributed by atoms with Gasteiger partial charge in [0.1, 0.15) is 12.1 Å². The molecule has 0 unspecified atom stereocenters. The Morgan fingerprint density at radius 3 is 2.79 bits per heavy atom. The summed E-state index contributed by atoms with van der Waals surface area (Å²) in [7, 11) is 4.06. The Balaban J connectivity index is 2.42. The van der Waals surface area contributed by atoms with Crippen molar-refractivity contribution < 1.29 is 0 Å². The Hall–Kier alpha value is -1.16. The van der Waals surface area contributed by atoms with Crippen LogP contribution >= 0.6 is 0 Å². The second kappa shape index (κ2) is 3.92. The lowest BCUT2D eigenvalue weighted by Gasteiger charge is -2.16. The molecule has 0 amide bonds. The van der Waals surface area contributed by atoms with Crippen molar-refractivity contribution in [1.82, 2.24) is 15.3 Å². The molecule has 0 atom stereocenters. The van der Waals surface area contributed by atoms with E-state index in [0.717, 1.165) is 31.7 Å². The number of rotatable bonds is 1. The smallest absolute Gasteiger partial charge is 0.134 e. The maximum atomic E-state index is 4.34. The molecule has 0 aliphatic carbocycles. The van der Waals surface area contributed by atoms with E-state index in [9.17, 15) is 0 Å². The highest BCUT2D eigenvalue weighted by atomic mass is 15.1. The molecule has 1 aromatic heterocycles. The minimum Gasteiger partial charge on any atom is -0.362 e. The average molecular weight is 192 g/mol. The number of nitrogens with zero attached hydrogens (tertiary/aromatic N) is 3. The highest BCUT2D eigenvalue weighted by molar-refractivity contribution is 5.47. The summed E-state index contributed by atoms with van der Waals surface area (Å²) in [6.07, 6.45) is 3.71. The Morgan fingerprint density at radius 1 is 1.21 bits per heavy atom. The Kier molecular flexibility index (Phi) is 2.63. The molecule has 14 heavy (non-hydrogen) atoms. The zero-order valence-corrected chi connectivity index (χ0v) is 8.75. The van der Waals surface area contributed by atoms with Gasteiger partial charge >= 0.3 is 0 Å². The first-order chi connectivity index (χ1) is 6.79. The first-order valence-corrected chi connectivity index (χ1v) is 5.00. The van der Waals surface area contributed by atoms with Crippen molar-refractivity contribution in [3.05, 3.63) is 17.6 Å². The van der Waals surface area contributed by atoms with Gasteiger partial charge in [0, 0.05) is 32.6 Å². The first kappa shape index (κ1) is 9.40. The first-order valence-electron chi connectivity index (χ1n) is 5.00. The number of hydrogen-bond acceptors (Lipinski definition) is 4. The number of hydrogen-bond donors (Lipinski definition) is 1. The highest BCUT2D eigenvalue weighted by Gasteiger charge is 2.14. The summed E-state index contributed by atoms with van der Waals surface area (Å²) in [5.41, 5.74) is 2.51. The van der Waals surface area contributed by atoms with E-state index < -0.39 is 0 Å². The lowest BCUT2D eigenvalue weighted by molar-refractivity contribution is 0.708. The summed E-state index contributed by atoms with van der Waals surface area (Å²) < 4.78 is 0. The minimum absolute atomic E-state index is 1.01. The van der Waals surface area contributed by atoms with Gasteiger partial charge in [0.25, 0.3) is 0 Å². The third-order valence-electron chi connectivity index (χ3n) is 2.53. The lowest BCUT2D eigenvalue weighted by atomic mass is 10.1. The van der Waals surface area contributed by atoms with E-state index in [2.05, 4.69) is 20.2 Å². The van der Waals surface area contributed by atoms with Crippen LogP contribution in [0.2, 0.25) is 0 Å². The molecule has 76 valence electrons. The molecule has 2 rings (SSSR count). The van der Waals surface area contributed by atoms with Gasteiger partial charge in [0.2, 0.25) is 0 Å². The number of aromatic nitrogens is 2. The van der Waals surface area contributed by atoms with Gasteiger partial charge in [-0.05, 0) is 13.0 Å². The molecule has 4 heteroatoms. The van der Waals surface area contributed by atoms with Crippen LogP contribution in [-0.4, -0.2) is 37.2 Å².